The molecule has 0 bridgehead atoms. The number of imide groups is 1. The molecule has 2 rings (SSSR count). The van der Waals surface area contributed by atoms with E-state index in [1.807, 2.05) is 54.6 Å². The summed E-state index contributed by atoms with van der Waals surface area (Å²) in [7, 11) is 0. The van der Waals surface area contributed by atoms with Crippen LogP contribution in [0.3, 0.4) is 0 Å². The van der Waals surface area contributed by atoms with Crippen LogP contribution in [0.4, 0.5) is 4.79 Å². The Bertz CT molecular complexity index is 647. The van der Waals surface area contributed by atoms with Crippen molar-refractivity contribution < 1.29 is 9.59 Å². The third-order valence-electron chi connectivity index (χ3n) is 2.96. The third kappa shape index (κ3) is 6.88. The molecule has 4 nitrogen and oxygen atoms in total. The number of rotatable bonds is 6. The number of hydrogen-bond donors (Lipinski definition) is 2. The Morgan fingerprint density at radius 2 is 1.70 bits per heavy atom. The van der Waals surface area contributed by atoms with Gasteiger partial charge >= 0.3 is 6.03 Å². The largest absolute Gasteiger partial charge is 0.334 e. The van der Waals surface area contributed by atoms with Crippen molar-refractivity contribution in [1.29, 1.82) is 0 Å². The molecule has 3 amide bonds. The van der Waals surface area contributed by atoms with Gasteiger partial charge in [0.05, 0.1) is 0 Å². The van der Waals surface area contributed by atoms with Crippen LogP contribution < -0.4 is 10.6 Å². The first-order valence-electron chi connectivity index (χ1n) is 7.13. The van der Waals surface area contributed by atoms with Crippen molar-refractivity contribution in [1.82, 2.24) is 10.6 Å². The molecule has 2 aromatic rings. The van der Waals surface area contributed by atoms with Gasteiger partial charge in [0, 0.05) is 28.1 Å². The van der Waals surface area contributed by atoms with Crippen LogP contribution >= 0.6 is 27.7 Å². The van der Waals surface area contributed by atoms with E-state index in [4.69, 9.17) is 0 Å². The van der Waals surface area contributed by atoms with E-state index in [-0.39, 0.29) is 5.91 Å². The van der Waals surface area contributed by atoms with Gasteiger partial charge in [0.15, 0.2) is 0 Å². The Morgan fingerprint density at radius 1 is 1.00 bits per heavy atom. The second kappa shape index (κ2) is 9.37. The highest BCUT2D eigenvalue weighted by Gasteiger charge is 2.07. The third-order valence-corrected chi connectivity index (χ3v) is 4.50. The topological polar surface area (TPSA) is 58.2 Å². The Hall–Kier alpha value is -1.79. The molecule has 0 aliphatic heterocycles. The molecule has 0 saturated carbocycles. The molecule has 0 heterocycles. The molecule has 0 fully saturated rings. The monoisotopic (exact) mass is 392 g/mol. The lowest BCUT2D eigenvalue weighted by atomic mass is 10.2. The summed E-state index contributed by atoms with van der Waals surface area (Å²) in [6.45, 7) is 0.396. The fourth-order valence-corrected chi connectivity index (χ4v) is 2.92. The van der Waals surface area contributed by atoms with Crippen molar-refractivity contribution in [3.63, 3.8) is 0 Å². The lowest BCUT2D eigenvalue weighted by Gasteiger charge is -2.07. The fraction of sp³-hybridized carbons (Fsp3) is 0.176. The van der Waals surface area contributed by atoms with Gasteiger partial charge in [-0.2, -0.15) is 0 Å². The predicted molar refractivity (Wildman–Crippen MR) is 96.3 cm³/mol. The van der Waals surface area contributed by atoms with Gasteiger partial charge in [-0.3, -0.25) is 10.1 Å². The number of hydrogen-bond acceptors (Lipinski definition) is 3. The van der Waals surface area contributed by atoms with Crippen molar-refractivity contribution in [3.05, 3.63) is 64.6 Å². The Balaban J connectivity index is 1.64. The zero-order valence-corrected chi connectivity index (χ0v) is 14.8. The molecule has 0 aliphatic rings. The second-order valence-corrected chi connectivity index (χ2v) is 6.85. The standard InChI is InChI=1S/C17H17BrN2O2S/c18-14-6-8-15(9-7-14)23-11-10-16(21)20-17(22)19-12-13-4-2-1-3-5-13/h1-9H,10-12H2,(H2,19,20,21,22). The van der Waals surface area contributed by atoms with E-state index in [1.165, 1.54) is 0 Å². The van der Waals surface area contributed by atoms with Crippen molar-refractivity contribution in [2.24, 2.45) is 0 Å². The number of nitrogens with one attached hydrogen (secondary N) is 2. The first-order chi connectivity index (χ1) is 11.1. The van der Waals surface area contributed by atoms with Gasteiger partial charge in [-0.15, -0.1) is 11.8 Å². The Morgan fingerprint density at radius 3 is 2.39 bits per heavy atom. The van der Waals surface area contributed by atoms with Gasteiger partial charge in [0.25, 0.3) is 0 Å². The molecule has 0 saturated heterocycles. The summed E-state index contributed by atoms with van der Waals surface area (Å²) in [5.74, 6) is 0.347. The normalized spacial score (nSPS) is 10.1. The minimum Gasteiger partial charge on any atom is -0.334 e. The van der Waals surface area contributed by atoms with E-state index in [1.54, 1.807) is 11.8 Å². The van der Waals surface area contributed by atoms with E-state index in [0.717, 1.165) is 14.9 Å². The second-order valence-electron chi connectivity index (χ2n) is 4.77. The molecular formula is C17H17BrN2O2S. The van der Waals surface area contributed by atoms with Crippen LogP contribution in [0.1, 0.15) is 12.0 Å². The maximum Gasteiger partial charge on any atom is 0.321 e. The molecule has 6 heteroatoms. The van der Waals surface area contributed by atoms with Crippen LogP contribution in [0.5, 0.6) is 0 Å². The molecular weight excluding hydrogens is 376 g/mol. The number of urea groups is 1. The molecule has 120 valence electrons. The predicted octanol–water partition coefficient (Wildman–Crippen LogP) is 3.96. The molecule has 0 radical (unpaired) electrons. The first-order valence-corrected chi connectivity index (χ1v) is 8.91. The lowest BCUT2D eigenvalue weighted by Crippen LogP contribution is -2.39. The summed E-state index contributed by atoms with van der Waals surface area (Å²) in [5.41, 5.74) is 0.987. The molecule has 0 aliphatic carbocycles. The van der Waals surface area contributed by atoms with Crippen LogP contribution in [0.25, 0.3) is 0 Å². The number of amides is 3. The zero-order valence-electron chi connectivity index (χ0n) is 12.4. The highest BCUT2D eigenvalue weighted by Crippen LogP contribution is 2.21. The average Bonchev–Trinajstić information content (AvgIpc) is 2.56. The van der Waals surface area contributed by atoms with E-state index in [9.17, 15) is 9.59 Å². The number of thioether (sulfide) groups is 1. The van der Waals surface area contributed by atoms with E-state index in [0.29, 0.717) is 18.7 Å². The van der Waals surface area contributed by atoms with Gasteiger partial charge in [0.2, 0.25) is 5.91 Å². The number of carbonyl (C=O) groups is 2. The smallest absolute Gasteiger partial charge is 0.321 e. The van der Waals surface area contributed by atoms with E-state index < -0.39 is 6.03 Å². The fourth-order valence-electron chi connectivity index (χ4n) is 1.80. The summed E-state index contributed by atoms with van der Waals surface area (Å²) in [6.07, 6.45) is 0.291. The molecule has 0 unspecified atom stereocenters. The van der Waals surface area contributed by atoms with Crippen LogP contribution in [0.15, 0.2) is 64.0 Å². The Labute approximate surface area is 148 Å². The van der Waals surface area contributed by atoms with Crippen LogP contribution in [-0.4, -0.2) is 17.7 Å². The first kappa shape index (κ1) is 17.6. The number of benzene rings is 2. The quantitative estimate of drug-likeness (QED) is 0.731. The van der Waals surface area contributed by atoms with E-state index in [2.05, 4.69) is 26.6 Å². The molecule has 23 heavy (non-hydrogen) atoms. The average molecular weight is 393 g/mol. The molecule has 0 aromatic heterocycles. The summed E-state index contributed by atoms with van der Waals surface area (Å²) in [4.78, 5) is 24.5. The maximum absolute atomic E-state index is 11.7. The summed E-state index contributed by atoms with van der Waals surface area (Å²) >= 11 is 4.96. The van der Waals surface area contributed by atoms with Crippen LogP contribution in [0.2, 0.25) is 0 Å². The minimum atomic E-state index is -0.465. The van der Waals surface area contributed by atoms with Gasteiger partial charge in [0.1, 0.15) is 0 Å². The zero-order chi connectivity index (χ0) is 16.5. The van der Waals surface area contributed by atoms with Gasteiger partial charge in [-0.05, 0) is 29.8 Å². The number of carbonyl (C=O) groups excluding carboxylic acids is 2. The minimum absolute atomic E-state index is 0.278. The molecule has 0 atom stereocenters. The van der Waals surface area contributed by atoms with Gasteiger partial charge in [-0.1, -0.05) is 46.3 Å². The van der Waals surface area contributed by atoms with Crippen LogP contribution in [0, 0.1) is 0 Å². The van der Waals surface area contributed by atoms with Crippen molar-refractivity contribution >= 4 is 39.6 Å². The van der Waals surface area contributed by atoms with Crippen molar-refractivity contribution in [3.8, 4) is 0 Å². The maximum atomic E-state index is 11.7. The molecule has 2 N–H and O–H groups in total. The highest BCUT2D eigenvalue weighted by molar-refractivity contribution is 9.10. The Kier molecular flexibility index (Phi) is 7.16. The van der Waals surface area contributed by atoms with E-state index >= 15 is 0 Å². The van der Waals surface area contributed by atoms with Crippen molar-refractivity contribution in [2.45, 2.75) is 17.9 Å². The summed E-state index contributed by atoms with van der Waals surface area (Å²) in [6, 6.07) is 17.0. The molecule has 2 aromatic carbocycles. The SMILES string of the molecule is O=C(CCSc1ccc(Br)cc1)NC(=O)NCc1ccccc1. The van der Waals surface area contributed by atoms with Crippen LogP contribution in [-0.2, 0) is 11.3 Å². The summed E-state index contributed by atoms with van der Waals surface area (Å²) < 4.78 is 1.02. The van der Waals surface area contributed by atoms with Gasteiger partial charge < -0.3 is 5.32 Å². The van der Waals surface area contributed by atoms with Gasteiger partial charge in [-0.25, -0.2) is 4.79 Å². The molecule has 0 spiro atoms. The summed E-state index contributed by atoms with van der Waals surface area (Å²) in [5, 5.41) is 5.00. The van der Waals surface area contributed by atoms with Crippen molar-refractivity contribution in [2.75, 3.05) is 5.75 Å². The lowest BCUT2D eigenvalue weighted by molar-refractivity contribution is -0.119. The number of halogens is 1. The highest BCUT2D eigenvalue weighted by atomic mass is 79.9.